The minimum absolute atomic E-state index is 0.498. The van der Waals surface area contributed by atoms with Gasteiger partial charge in [0.15, 0.2) is 0 Å². The van der Waals surface area contributed by atoms with Crippen LogP contribution in [0.2, 0.25) is 0 Å². The lowest BCUT2D eigenvalue weighted by molar-refractivity contribution is 0.449. The number of nitrogens with zero attached hydrogens (tertiary/aromatic N) is 3. The largest absolute Gasteiger partial charge is 0.418 e. The van der Waals surface area contributed by atoms with Crippen LogP contribution < -0.4 is 10.1 Å². The Morgan fingerprint density at radius 1 is 1.24 bits per heavy atom. The molecule has 0 bridgehead atoms. The van der Waals surface area contributed by atoms with Gasteiger partial charge in [-0.15, -0.1) is 5.10 Å². The van der Waals surface area contributed by atoms with E-state index < -0.39 is 0 Å². The normalized spacial score (nSPS) is 10.8. The van der Waals surface area contributed by atoms with Gasteiger partial charge in [0, 0.05) is 18.3 Å². The maximum absolute atomic E-state index is 5.80. The summed E-state index contributed by atoms with van der Waals surface area (Å²) in [4.78, 5) is 8.93. The number of hydrogen-bond acceptors (Lipinski definition) is 5. The molecule has 0 unspecified atom stereocenters. The van der Waals surface area contributed by atoms with Gasteiger partial charge < -0.3 is 10.1 Å². The molecule has 21 heavy (non-hydrogen) atoms. The Morgan fingerprint density at radius 2 is 2.10 bits per heavy atom. The van der Waals surface area contributed by atoms with Gasteiger partial charge in [-0.2, -0.15) is 4.98 Å². The van der Waals surface area contributed by atoms with Gasteiger partial charge in [0.1, 0.15) is 0 Å². The number of hydrogen-bond donors (Lipinski definition) is 2. The van der Waals surface area contributed by atoms with Crippen molar-refractivity contribution < 1.29 is 4.74 Å². The molecule has 0 radical (unpaired) electrons. The number of nitrogens with one attached hydrogen (secondary N) is 2. The van der Waals surface area contributed by atoms with Gasteiger partial charge >= 0.3 is 0 Å². The number of aryl methyl sites for hydroxylation is 1. The number of H-pyrrole nitrogens is 1. The average molecular weight is 283 g/mol. The number of benzene rings is 1. The fourth-order valence-corrected chi connectivity index (χ4v) is 1.99. The molecule has 2 N–H and O–H groups in total. The lowest BCUT2D eigenvalue weighted by atomic mass is 10.2. The Bertz CT molecular complexity index is 753. The zero-order valence-corrected chi connectivity index (χ0v) is 12.1. The van der Waals surface area contributed by atoms with E-state index in [0.717, 1.165) is 29.6 Å². The maximum atomic E-state index is 5.80. The lowest BCUT2D eigenvalue weighted by Crippen LogP contribution is -2.05. The minimum Gasteiger partial charge on any atom is -0.418 e. The highest BCUT2D eigenvalue weighted by Crippen LogP contribution is 2.27. The minimum atomic E-state index is 0.498. The van der Waals surface area contributed by atoms with E-state index in [1.165, 1.54) is 0 Å². The van der Waals surface area contributed by atoms with Crippen LogP contribution in [0.4, 0.5) is 5.95 Å². The number of anilines is 1. The molecule has 6 nitrogen and oxygen atoms in total. The Balaban J connectivity index is 2.01. The summed E-state index contributed by atoms with van der Waals surface area (Å²) in [5, 5.41) is 11.0. The molecule has 0 aliphatic rings. The first-order valence-electron chi connectivity index (χ1n) is 6.97. The van der Waals surface area contributed by atoms with Crippen LogP contribution in [0.5, 0.6) is 11.8 Å². The molecule has 0 atom stereocenters. The van der Waals surface area contributed by atoms with Crippen molar-refractivity contribution in [1.82, 2.24) is 20.2 Å². The van der Waals surface area contributed by atoms with Crippen molar-refractivity contribution in [2.45, 2.75) is 20.3 Å². The molecule has 0 saturated carbocycles. The van der Waals surface area contributed by atoms with Crippen molar-refractivity contribution in [2.24, 2.45) is 0 Å². The lowest BCUT2D eigenvalue weighted by Gasteiger charge is -2.09. The van der Waals surface area contributed by atoms with Crippen molar-refractivity contribution in [3.8, 4) is 11.8 Å². The quantitative estimate of drug-likeness (QED) is 0.751. The molecular weight excluding hydrogens is 266 g/mol. The number of ether oxygens (including phenoxy) is 1. The highest BCUT2D eigenvalue weighted by atomic mass is 16.5. The van der Waals surface area contributed by atoms with E-state index in [0.29, 0.717) is 17.7 Å². The first kappa shape index (κ1) is 13.4. The van der Waals surface area contributed by atoms with Crippen LogP contribution in [0.1, 0.15) is 19.0 Å². The Morgan fingerprint density at radius 3 is 2.86 bits per heavy atom. The van der Waals surface area contributed by atoms with E-state index in [4.69, 9.17) is 4.74 Å². The second-order valence-corrected chi connectivity index (χ2v) is 4.79. The SMILES string of the molecule is CCCNc1nc(Oc2cc(C)[nH]n2)c2ccccc2n1. The molecule has 2 heterocycles. The second-order valence-electron chi connectivity index (χ2n) is 4.79. The third-order valence-corrected chi connectivity index (χ3v) is 2.99. The fraction of sp³-hybridized carbons (Fsp3) is 0.267. The number of fused-ring (bicyclic) bond motifs is 1. The highest BCUT2D eigenvalue weighted by molar-refractivity contribution is 5.84. The first-order chi connectivity index (χ1) is 10.3. The van der Waals surface area contributed by atoms with Gasteiger partial charge in [-0.3, -0.25) is 5.10 Å². The standard InChI is InChI=1S/C15H17N5O/c1-3-8-16-15-17-12-7-5-4-6-11(12)14(18-15)21-13-9-10(2)19-20-13/h4-7,9H,3,8H2,1-2H3,(H,19,20)(H,16,17,18). The maximum Gasteiger partial charge on any atom is 0.240 e. The van der Waals surface area contributed by atoms with Crippen molar-refractivity contribution >= 4 is 16.9 Å². The van der Waals surface area contributed by atoms with Crippen LogP contribution in [0.3, 0.4) is 0 Å². The van der Waals surface area contributed by atoms with Gasteiger partial charge in [0.05, 0.1) is 10.9 Å². The van der Waals surface area contributed by atoms with Crippen LogP contribution in [0, 0.1) is 6.92 Å². The molecular formula is C15H17N5O. The smallest absolute Gasteiger partial charge is 0.240 e. The molecule has 0 aliphatic heterocycles. The third-order valence-electron chi connectivity index (χ3n) is 2.99. The molecule has 6 heteroatoms. The van der Waals surface area contributed by atoms with Crippen molar-refractivity contribution in [1.29, 1.82) is 0 Å². The van der Waals surface area contributed by atoms with Crippen LogP contribution in [0.25, 0.3) is 10.9 Å². The summed E-state index contributed by atoms with van der Waals surface area (Å²) in [5.41, 5.74) is 1.78. The van der Waals surface area contributed by atoms with Gasteiger partial charge in [0.2, 0.25) is 17.7 Å². The van der Waals surface area contributed by atoms with Gasteiger partial charge in [-0.1, -0.05) is 19.1 Å². The molecule has 108 valence electrons. The number of rotatable bonds is 5. The summed E-state index contributed by atoms with van der Waals surface area (Å²) in [7, 11) is 0. The van der Waals surface area contributed by atoms with E-state index in [1.54, 1.807) is 0 Å². The summed E-state index contributed by atoms with van der Waals surface area (Å²) >= 11 is 0. The predicted molar refractivity (Wildman–Crippen MR) is 81.7 cm³/mol. The van der Waals surface area contributed by atoms with E-state index in [9.17, 15) is 0 Å². The van der Waals surface area contributed by atoms with E-state index in [2.05, 4.69) is 32.4 Å². The molecule has 0 spiro atoms. The molecule has 3 aromatic rings. The summed E-state index contributed by atoms with van der Waals surface area (Å²) in [6.45, 7) is 4.84. The van der Waals surface area contributed by atoms with Crippen LogP contribution in [0.15, 0.2) is 30.3 Å². The van der Waals surface area contributed by atoms with Crippen molar-refractivity contribution in [2.75, 3.05) is 11.9 Å². The van der Waals surface area contributed by atoms with Crippen molar-refractivity contribution in [3.05, 3.63) is 36.0 Å². The van der Waals surface area contributed by atoms with E-state index in [-0.39, 0.29) is 0 Å². The average Bonchev–Trinajstić information content (AvgIpc) is 2.90. The summed E-state index contributed by atoms with van der Waals surface area (Å²) < 4.78 is 5.80. The molecule has 3 rings (SSSR count). The molecule has 0 aliphatic carbocycles. The number of aromatic nitrogens is 4. The summed E-state index contributed by atoms with van der Waals surface area (Å²) in [6.07, 6.45) is 1.00. The molecule has 0 amide bonds. The Labute approximate surface area is 122 Å². The number of para-hydroxylation sites is 1. The van der Waals surface area contributed by atoms with Crippen LogP contribution >= 0.6 is 0 Å². The van der Waals surface area contributed by atoms with Crippen LogP contribution in [-0.2, 0) is 0 Å². The molecule has 0 fully saturated rings. The summed E-state index contributed by atoms with van der Waals surface area (Å²) in [6, 6.07) is 9.59. The Hall–Kier alpha value is -2.63. The van der Waals surface area contributed by atoms with Crippen molar-refractivity contribution in [3.63, 3.8) is 0 Å². The van der Waals surface area contributed by atoms with Gasteiger partial charge in [0.25, 0.3) is 0 Å². The monoisotopic (exact) mass is 283 g/mol. The molecule has 1 aromatic carbocycles. The molecule has 2 aromatic heterocycles. The zero-order chi connectivity index (χ0) is 14.7. The second kappa shape index (κ2) is 5.78. The zero-order valence-electron chi connectivity index (χ0n) is 12.1. The van der Waals surface area contributed by atoms with Crippen LogP contribution in [-0.4, -0.2) is 26.7 Å². The predicted octanol–water partition coefficient (Wildman–Crippen LogP) is 3.28. The fourth-order valence-electron chi connectivity index (χ4n) is 1.99. The van der Waals surface area contributed by atoms with Gasteiger partial charge in [-0.05, 0) is 25.5 Å². The first-order valence-corrected chi connectivity index (χ1v) is 6.97. The highest BCUT2D eigenvalue weighted by Gasteiger charge is 2.10. The number of aromatic amines is 1. The van der Waals surface area contributed by atoms with E-state index in [1.807, 2.05) is 37.3 Å². The Kier molecular flexibility index (Phi) is 3.68. The molecule has 0 saturated heterocycles. The van der Waals surface area contributed by atoms with E-state index >= 15 is 0 Å². The third kappa shape index (κ3) is 2.94. The van der Waals surface area contributed by atoms with Gasteiger partial charge in [-0.25, -0.2) is 4.98 Å². The summed E-state index contributed by atoms with van der Waals surface area (Å²) in [5.74, 6) is 1.57. The topological polar surface area (TPSA) is 75.7 Å².